The molecule has 0 aliphatic carbocycles. The molecule has 1 rings (SSSR count). The Morgan fingerprint density at radius 1 is 1.21 bits per heavy atom. The summed E-state index contributed by atoms with van der Waals surface area (Å²) in [6.07, 6.45) is 0. The lowest BCUT2D eigenvalue weighted by molar-refractivity contribution is -0.0910. The van der Waals surface area contributed by atoms with Gasteiger partial charge in [0.25, 0.3) is 0 Å². The maximum Gasteiger partial charge on any atom is 0.341 e. The molecule has 19 heavy (non-hydrogen) atoms. The van der Waals surface area contributed by atoms with E-state index in [0.29, 0.717) is 17.9 Å². The Balaban J connectivity index is 3.06. The molecule has 0 unspecified atom stereocenters. The van der Waals surface area contributed by atoms with Crippen LogP contribution in [0.5, 0.6) is 5.75 Å². The van der Waals surface area contributed by atoms with Crippen molar-refractivity contribution in [1.29, 1.82) is 0 Å². The number of benzene rings is 1. The first-order valence-electron chi connectivity index (χ1n) is 6.36. The Morgan fingerprint density at radius 2 is 1.79 bits per heavy atom. The summed E-state index contributed by atoms with van der Waals surface area (Å²) in [5.74, 6) is -0.0160. The largest absolute Gasteiger partial charge is 0.484 e. The van der Waals surface area contributed by atoms with E-state index in [2.05, 4.69) is 0 Å². The van der Waals surface area contributed by atoms with Crippen LogP contribution in [0, 0.1) is 0 Å². The lowest BCUT2D eigenvalue weighted by Gasteiger charge is -2.37. The first-order chi connectivity index (χ1) is 8.69. The van der Waals surface area contributed by atoms with Crippen molar-refractivity contribution in [3.63, 3.8) is 0 Å². The molecule has 0 aromatic heterocycles. The molecular formula is C15H22O4. The standard InChI is InChI=1S/C15H22O4/c1-6-18-13(16)11-9-7-8-10-12(11)19-15(4,5)14(2,3)17/h7-10,17H,6H2,1-5H3. The van der Waals surface area contributed by atoms with E-state index >= 15 is 0 Å². The molecule has 0 bridgehead atoms. The number of hydrogen-bond acceptors (Lipinski definition) is 4. The topological polar surface area (TPSA) is 55.8 Å². The van der Waals surface area contributed by atoms with Gasteiger partial charge in [0, 0.05) is 0 Å². The maximum atomic E-state index is 11.8. The zero-order valence-corrected chi connectivity index (χ0v) is 12.2. The second kappa shape index (κ2) is 5.61. The number of para-hydroxylation sites is 1. The average molecular weight is 266 g/mol. The van der Waals surface area contributed by atoms with Crippen LogP contribution in [0.4, 0.5) is 0 Å². The molecule has 1 aromatic rings. The number of ether oxygens (including phenoxy) is 2. The minimum atomic E-state index is -1.05. The second-order valence-electron chi connectivity index (χ2n) is 5.39. The van der Waals surface area contributed by atoms with Gasteiger partial charge in [0.15, 0.2) is 0 Å². The van der Waals surface area contributed by atoms with Gasteiger partial charge in [-0.1, -0.05) is 12.1 Å². The molecule has 1 aromatic carbocycles. The van der Waals surface area contributed by atoms with Crippen molar-refractivity contribution in [2.24, 2.45) is 0 Å². The SMILES string of the molecule is CCOC(=O)c1ccccc1OC(C)(C)C(C)(C)O. The molecule has 0 amide bonds. The molecule has 1 N–H and O–H groups in total. The Morgan fingerprint density at radius 3 is 2.32 bits per heavy atom. The summed E-state index contributed by atoms with van der Waals surface area (Å²) in [6, 6.07) is 6.86. The number of carbonyl (C=O) groups is 1. The zero-order valence-electron chi connectivity index (χ0n) is 12.2. The molecule has 4 heteroatoms. The van der Waals surface area contributed by atoms with Crippen molar-refractivity contribution in [3.8, 4) is 5.75 Å². The van der Waals surface area contributed by atoms with Crippen molar-refractivity contribution in [1.82, 2.24) is 0 Å². The molecule has 0 radical (unpaired) electrons. The van der Waals surface area contributed by atoms with E-state index in [0.717, 1.165) is 0 Å². The highest BCUT2D eigenvalue weighted by atomic mass is 16.5. The van der Waals surface area contributed by atoms with Crippen LogP contribution < -0.4 is 4.74 Å². The van der Waals surface area contributed by atoms with Gasteiger partial charge in [0.2, 0.25) is 0 Å². The van der Waals surface area contributed by atoms with Crippen LogP contribution in [0.2, 0.25) is 0 Å². The predicted molar refractivity (Wildman–Crippen MR) is 73.4 cm³/mol. The highest BCUT2D eigenvalue weighted by Crippen LogP contribution is 2.30. The van der Waals surface area contributed by atoms with Crippen molar-refractivity contribution in [3.05, 3.63) is 29.8 Å². The smallest absolute Gasteiger partial charge is 0.341 e. The quantitative estimate of drug-likeness (QED) is 0.833. The molecule has 106 valence electrons. The van der Waals surface area contributed by atoms with Gasteiger partial charge in [-0.3, -0.25) is 0 Å². The first kappa shape index (κ1) is 15.5. The van der Waals surface area contributed by atoms with Crippen molar-refractivity contribution < 1.29 is 19.4 Å². The van der Waals surface area contributed by atoms with Crippen molar-refractivity contribution >= 4 is 5.97 Å². The molecule has 0 aliphatic rings. The highest BCUT2D eigenvalue weighted by Gasteiger charge is 2.38. The lowest BCUT2D eigenvalue weighted by atomic mass is 9.89. The van der Waals surface area contributed by atoms with Gasteiger partial charge in [-0.2, -0.15) is 0 Å². The molecule has 0 fully saturated rings. The normalized spacial score (nSPS) is 12.1. The Hall–Kier alpha value is -1.55. The van der Waals surface area contributed by atoms with E-state index in [1.807, 2.05) is 0 Å². The molecule has 0 spiro atoms. The van der Waals surface area contributed by atoms with Gasteiger partial charge in [-0.25, -0.2) is 4.79 Å². The molecule has 0 saturated carbocycles. The summed E-state index contributed by atoms with van der Waals surface area (Å²) in [5.41, 5.74) is -1.52. The van der Waals surface area contributed by atoms with Gasteiger partial charge in [-0.15, -0.1) is 0 Å². The van der Waals surface area contributed by atoms with Crippen LogP contribution in [-0.4, -0.2) is 28.9 Å². The summed E-state index contributed by atoms with van der Waals surface area (Å²) in [7, 11) is 0. The number of esters is 1. The van der Waals surface area contributed by atoms with Crippen LogP contribution in [0.1, 0.15) is 45.0 Å². The van der Waals surface area contributed by atoms with Crippen LogP contribution in [0.25, 0.3) is 0 Å². The van der Waals surface area contributed by atoms with E-state index in [4.69, 9.17) is 9.47 Å². The summed E-state index contributed by atoms with van der Waals surface area (Å²) in [4.78, 5) is 11.8. The molecule has 4 nitrogen and oxygen atoms in total. The molecule has 0 heterocycles. The van der Waals surface area contributed by atoms with Crippen molar-refractivity contribution in [2.75, 3.05) is 6.61 Å². The number of carbonyl (C=O) groups excluding carboxylic acids is 1. The first-order valence-corrected chi connectivity index (χ1v) is 6.36. The minimum Gasteiger partial charge on any atom is -0.484 e. The van der Waals surface area contributed by atoms with Crippen LogP contribution in [0.3, 0.4) is 0 Å². The monoisotopic (exact) mass is 266 g/mol. The van der Waals surface area contributed by atoms with E-state index in [-0.39, 0.29) is 0 Å². The highest BCUT2D eigenvalue weighted by molar-refractivity contribution is 5.92. The number of rotatable bonds is 5. The molecule has 0 saturated heterocycles. The average Bonchev–Trinajstić information content (AvgIpc) is 2.28. The fraction of sp³-hybridized carbons (Fsp3) is 0.533. The van der Waals surface area contributed by atoms with Gasteiger partial charge in [0.1, 0.15) is 16.9 Å². The third-order valence-corrected chi connectivity index (χ3v) is 3.22. The van der Waals surface area contributed by atoms with Gasteiger partial charge >= 0.3 is 5.97 Å². The maximum absolute atomic E-state index is 11.8. The Bertz CT molecular complexity index is 444. The van der Waals surface area contributed by atoms with E-state index in [9.17, 15) is 9.90 Å². The Kier molecular flexibility index (Phi) is 4.58. The third kappa shape index (κ3) is 3.70. The second-order valence-corrected chi connectivity index (χ2v) is 5.39. The predicted octanol–water partition coefficient (Wildman–Crippen LogP) is 2.79. The minimum absolute atomic E-state index is 0.308. The summed E-state index contributed by atoms with van der Waals surface area (Å²) in [5, 5.41) is 10.1. The number of aliphatic hydroxyl groups is 1. The third-order valence-electron chi connectivity index (χ3n) is 3.22. The summed E-state index contributed by atoms with van der Waals surface area (Å²) >= 11 is 0. The van der Waals surface area contributed by atoms with Crippen LogP contribution >= 0.6 is 0 Å². The van der Waals surface area contributed by atoms with Gasteiger partial charge in [0.05, 0.1) is 12.2 Å². The lowest BCUT2D eigenvalue weighted by Crippen LogP contribution is -2.49. The fourth-order valence-corrected chi connectivity index (χ4v) is 1.33. The molecule has 0 aliphatic heterocycles. The van der Waals surface area contributed by atoms with E-state index in [1.165, 1.54) is 0 Å². The van der Waals surface area contributed by atoms with Crippen molar-refractivity contribution in [2.45, 2.75) is 45.8 Å². The molecule has 0 atom stereocenters. The van der Waals surface area contributed by atoms with Crippen LogP contribution in [-0.2, 0) is 4.74 Å². The van der Waals surface area contributed by atoms with E-state index < -0.39 is 17.2 Å². The van der Waals surface area contributed by atoms with Crippen LogP contribution in [0.15, 0.2) is 24.3 Å². The number of hydrogen-bond donors (Lipinski definition) is 1. The molecular weight excluding hydrogens is 244 g/mol. The zero-order chi connectivity index (χ0) is 14.7. The summed E-state index contributed by atoms with van der Waals surface area (Å²) in [6.45, 7) is 8.94. The summed E-state index contributed by atoms with van der Waals surface area (Å²) < 4.78 is 10.8. The van der Waals surface area contributed by atoms with Gasteiger partial charge in [-0.05, 0) is 46.8 Å². The van der Waals surface area contributed by atoms with Gasteiger partial charge < -0.3 is 14.6 Å². The van der Waals surface area contributed by atoms with E-state index in [1.54, 1.807) is 58.9 Å². The fourth-order valence-electron chi connectivity index (χ4n) is 1.33. The Labute approximate surface area is 114 Å².